The fraction of sp³-hybridized carbons (Fsp3) is 0. The fourth-order valence-corrected chi connectivity index (χ4v) is 2.30. The van der Waals surface area contributed by atoms with E-state index in [1.807, 2.05) is 0 Å². The topological polar surface area (TPSA) is 106 Å². The first-order valence-corrected chi connectivity index (χ1v) is 6.79. The van der Waals surface area contributed by atoms with Crippen molar-refractivity contribution < 1.29 is 18.6 Å². The molecule has 1 aromatic carbocycles. The van der Waals surface area contributed by atoms with Crippen LogP contribution in [0.5, 0.6) is 0 Å². The molecule has 2 heterocycles. The number of ketones is 1. The Morgan fingerprint density at radius 1 is 1.14 bits per heavy atom. The maximum absolute atomic E-state index is 11.7. The number of Topliss-reactive ketones (excluding diaryl/α,β-unsaturated/α-hetero) is 1. The van der Waals surface area contributed by atoms with Gasteiger partial charge in [-0.3, -0.25) is 19.4 Å². The van der Waals surface area contributed by atoms with E-state index in [1.54, 1.807) is 18.2 Å². The molecule has 1 aliphatic heterocycles. The van der Waals surface area contributed by atoms with Crippen LogP contribution in [-0.4, -0.2) is 26.8 Å². The molecule has 1 aromatic heterocycles. The Balaban J connectivity index is 2.04. The van der Waals surface area contributed by atoms with E-state index in [4.69, 9.17) is 0 Å². The van der Waals surface area contributed by atoms with Gasteiger partial charge in [-0.15, -0.1) is 4.36 Å². The average Bonchev–Trinajstić information content (AvgIpc) is 2.82. The molecule has 0 radical (unpaired) electrons. The number of anilines is 1. The zero-order valence-corrected chi connectivity index (χ0v) is 11.7. The first kappa shape index (κ1) is 14.0. The molecule has 8 heteroatoms. The van der Waals surface area contributed by atoms with Crippen molar-refractivity contribution in [1.29, 1.82) is 0 Å². The molecule has 0 aliphatic carbocycles. The van der Waals surface area contributed by atoms with Crippen LogP contribution in [0.4, 0.5) is 5.69 Å². The summed E-state index contributed by atoms with van der Waals surface area (Å²) in [6.45, 7) is 0. The summed E-state index contributed by atoms with van der Waals surface area (Å²) in [6.07, 6.45) is 2.81. The van der Waals surface area contributed by atoms with Crippen molar-refractivity contribution in [2.24, 2.45) is 4.36 Å². The highest BCUT2D eigenvalue weighted by molar-refractivity contribution is 7.55. The molecule has 1 aliphatic rings. The quantitative estimate of drug-likeness (QED) is 0.844. The molecular weight excluding hydrogens is 306 g/mol. The molecule has 2 amide bonds. The van der Waals surface area contributed by atoms with Gasteiger partial charge in [-0.05, 0) is 23.8 Å². The zero-order valence-electron chi connectivity index (χ0n) is 10.9. The lowest BCUT2D eigenvalue weighted by molar-refractivity contribution is -0.112. The van der Waals surface area contributed by atoms with Gasteiger partial charge in [0.05, 0.1) is 16.8 Å². The van der Waals surface area contributed by atoms with E-state index >= 15 is 0 Å². The van der Waals surface area contributed by atoms with E-state index < -0.39 is 17.6 Å². The van der Waals surface area contributed by atoms with Gasteiger partial charge >= 0.3 is 0 Å². The summed E-state index contributed by atoms with van der Waals surface area (Å²) in [6, 6.07) is 6.38. The first-order chi connectivity index (χ1) is 10.6. The van der Waals surface area contributed by atoms with Crippen LogP contribution in [0.3, 0.4) is 0 Å². The lowest BCUT2D eigenvalue weighted by Crippen LogP contribution is -2.12. The number of pyridine rings is 1. The number of nitrogens with zero attached hydrogens (tertiary/aromatic N) is 2. The van der Waals surface area contributed by atoms with Gasteiger partial charge in [0.25, 0.3) is 17.6 Å². The van der Waals surface area contributed by atoms with E-state index in [0.29, 0.717) is 16.8 Å². The van der Waals surface area contributed by atoms with Crippen LogP contribution in [0.2, 0.25) is 0 Å². The zero-order chi connectivity index (χ0) is 15.7. The SMILES string of the molecule is O=S=NC(=O)c1cncc(-c2ccc3c(c2)C(=O)C(=O)N3)c1. The van der Waals surface area contributed by atoms with E-state index in [2.05, 4.69) is 14.7 Å². The molecule has 7 nitrogen and oxygen atoms in total. The monoisotopic (exact) mass is 313 g/mol. The minimum Gasteiger partial charge on any atom is -0.318 e. The number of carbonyl (C=O) groups is 3. The molecule has 0 saturated carbocycles. The van der Waals surface area contributed by atoms with Crippen molar-refractivity contribution >= 4 is 34.7 Å². The Hall–Kier alpha value is -3.00. The number of hydrogen-bond acceptors (Lipinski definition) is 5. The molecule has 108 valence electrons. The second kappa shape index (κ2) is 5.41. The van der Waals surface area contributed by atoms with Gasteiger partial charge in [0.15, 0.2) is 0 Å². The van der Waals surface area contributed by atoms with Gasteiger partial charge < -0.3 is 5.32 Å². The van der Waals surface area contributed by atoms with Crippen molar-refractivity contribution in [3.05, 3.63) is 47.8 Å². The molecule has 22 heavy (non-hydrogen) atoms. The number of carbonyl (C=O) groups excluding carboxylic acids is 3. The van der Waals surface area contributed by atoms with Gasteiger partial charge in [-0.25, -0.2) is 0 Å². The molecule has 3 rings (SSSR count). The number of rotatable bonds is 2. The summed E-state index contributed by atoms with van der Waals surface area (Å²) >= 11 is -0.170. The van der Waals surface area contributed by atoms with Crippen molar-refractivity contribution in [3.8, 4) is 11.1 Å². The van der Waals surface area contributed by atoms with Crippen molar-refractivity contribution in [2.45, 2.75) is 0 Å². The average molecular weight is 313 g/mol. The lowest BCUT2D eigenvalue weighted by Gasteiger charge is -2.04. The highest BCUT2D eigenvalue weighted by Gasteiger charge is 2.28. The molecule has 0 fully saturated rings. The molecular formula is C14H7N3O4S. The smallest absolute Gasteiger partial charge is 0.296 e. The van der Waals surface area contributed by atoms with Crippen LogP contribution in [0.25, 0.3) is 11.1 Å². The lowest BCUT2D eigenvalue weighted by atomic mass is 10.0. The Morgan fingerprint density at radius 2 is 1.95 bits per heavy atom. The normalized spacial score (nSPS) is 12.5. The molecule has 0 unspecified atom stereocenters. The van der Waals surface area contributed by atoms with Gasteiger partial charge in [0.2, 0.25) is 11.5 Å². The van der Waals surface area contributed by atoms with Crippen LogP contribution in [-0.2, 0) is 16.3 Å². The van der Waals surface area contributed by atoms with Crippen LogP contribution in [0, 0.1) is 0 Å². The second-order valence-electron chi connectivity index (χ2n) is 4.48. The largest absolute Gasteiger partial charge is 0.318 e. The molecule has 0 spiro atoms. The maximum Gasteiger partial charge on any atom is 0.296 e. The minimum absolute atomic E-state index is 0.168. The molecule has 2 aromatic rings. The number of aromatic nitrogens is 1. The van der Waals surface area contributed by atoms with E-state index in [0.717, 1.165) is 0 Å². The van der Waals surface area contributed by atoms with Crippen molar-refractivity contribution in [2.75, 3.05) is 5.32 Å². The number of amides is 2. The Labute approximate surface area is 127 Å². The van der Waals surface area contributed by atoms with Gasteiger partial charge in [-0.1, -0.05) is 6.07 Å². The summed E-state index contributed by atoms with van der Waals surface area (Å²) in [5, 5.41) is 2.46. The van der Waals surface area contributed by atoms with Gasteiger partial charge in [0.1, 0.15) is 0 Å². The maximum atomic E-state index is 11.7. The van der Waals surface area contributed by atoms with Gasteiger partial charge in [0, 0.05) is 18.0 Å². The summed E-state index contributed by atoms with van der Waals surface area (Å²) in [4.78, 5) is 38.5. The number of hydrogen-bond donors (Lipinski definition) is 1. The standard InChI is InChI=1S/C14H7N3O4S/c18-12-10-4-7(1-2-11(10)16-14(12)20)8-3-9(6-15-5-8)13(19)17-22-21/h1-6H,(H,16,18,20). The fourth-order valence-electron chi connectivity index (χ4n) is 2.12. The minimum atomic E-state index is -0.677. The third kappa shape index (κ3) is 2.35. The number of fused-ring (bicyclic) bond motifs is 1. The van der Waals surface area contributed by atoms with Crippen LogP contribution < -0.4 is 5.32 Å². The van der Waals surface area contributed by atoms with Crippen molar-refractivity contribution in [3.63, 3.8) is 0 Å². The van der Waals surface area contributed by atoms with E-state index in [1.165, 1.54) is 18.5 Å². The third-order valence-electron chi connectivity index (χ3n) is 3.16. The third-order valence-corrected chi connectivity index (χ3v) is 3.40. The summed E-state index contributed by atoms with van der Waals surface area (Å²) in [5.41, 5.74) is 2.10. The Kier molecular flexibility index (Phi) is 3.43. The molecule has 0 saturated heterocycles. The van der Waals surface area contributed by atoms with E-state index in [9.17, 15) is 18.6 Å². The number of benzene rings is 1. The Bertz CT molecular complexity index is 887. The highest BCUT2D eigenvalue weighted by atomic mass is 32.1. The van der Waals surface area contributed by atoms with E-state index in [-0.39, 0.29) is 22.6 Å². The van der Waals surface area contributed by atoms with Crippen LogP contribution in [0.15, 0.2) is 41.0 Å². The summed E-state index contributed by atoms with van der Waals surface area (Å²) in [7, 11) is 0. The summed E-state index contributed by atoms with van der Waals surface area (Å²) < 4.78 is 13.5. The molecule has 1 N–H and O–H groups in total. The number of nitrogens with one attached hydrogen (secondary N) is 1. The van der Waals surface area contributed by atoms with Gasteiger partial charge in [-0.2, -0.15) is 4.21 Å². The Morgan fingerprint density at radius 3 is 2.73 bits per heavy atom. The first-order valence-electron chi connectivity index (χ1n) is 6.09. The van der Waals surface area contributed by atoms with Crippen molar-refractivity contribution in [1.82, 2.24) is 4.98 Å². The van der Waals surface area contributed by atoms with Crippen LogP contribution >= 0.6 is 0 Å². The highest BCUT2D eigenvalue weighted by Crippen LogP contribution is 2.29. The molecule has 0 atom stereocenters. The van der Waals surface area contributed by atoms with Crippen LogP contribution in [0.1, 0.15) is 20.7 Å². The second-order valence-corrected chi connectivity index (χ2v) is 4.81. The molecule has 0 bridgehead atoms. The predicted molar refractivity (Wildman–Crippen MR) is 77.5 cm³/mol. The summed E-state index contributed by atoms with van der Waals surface area (Å²) in [5.74, 6) is -1.95. The predicted octanol–water partition coefficient (Wildman–Crippen LogP) is 1.42.